The Morgan fingerprint density at radius 3 is 2.88 bits per heavy atom. The van der Waals surface area contributed by atoms with Crippen LogP contribution in [0.4, 0.5) is 0 Å². The number of carboxylic acid groups (broad SMARTS) is 1. The molecule has 5 heteroatoms. The van der Waals surface area contributed by atoms with E-state index in [1.165, 1.54) is 16.2 Å². The van der Waals surface area contributed by atoms with E-state index in [-0.39, 0.29) is 5.91 Å². The van der Waals surface area contributed by atoms with Gasteiger partial charge in [-0.1, -0.05) is 0 Å². The summed E-state index contributed by atoms with van der Waals surface area (Å²) in [7, 11) is 0. The number of nitrogens with zero attached hydrogens (tertiary/aromatic N) is 1. The van der Waals surface area contributed by atoms with Crippen molar-refractivity contribution in [1.82, 2.24) is 4.90 Å². The van der Waals surface area contributed by atoms with Gasteiger partial charge in [-0.25, -0.2) is 4.79 Å². The highest BCUT2D eigenvalue weighted by atomic mass is 32.1. The zero-order valence-corrected chi connectivity index (χ0v) is 9.79. The van der Waals surface area contributed by atoms with E-state index in [0.29, 0.717) is 18.5 Å². The first-order valence-electron chi connectivity index (χ1n) is 5.13. The summed E-state index contributed by atoms with van der Waals surface area (Å²) in [5, 5.41) is 12.8. The smallest absolute Gasteiger partial charge is 0.329 e. The van der Waals surface area contributed by atoms with Gasteiger partial charge in [0.1, 0.15) is 5.54 Å². The van der Waals surface area contributed by atoms with Crippen LogP contribution < -0.4 is 0 Å². The summed E-state index contributed by atoms with van der Waals surface area (Å²) in [6, 6.07) is 1.73. The van der Waals surface area contributed by atoms with Crippen LogP contribution in [-0.2, 0) is 4.79 Å². The van der Waals surface area contributed by atoms with Crippen molar-refractivity contribution < 1.29 is 14.7 Å². The minimum absolute atomic E-state index is 0.177. The lowest BCUT2D eigenvalue weighted by Crippen LogP contribution is -2.50. The Balaban J connectivity index is 2.27. The summed E-state index contributed by atoms with van der Waals surface area (Å²) in [6.07, 6.45) is 1.27. The predicted octanol–water partition coefficient (Wildman–Crippen LogP) is 1.83. The number of amides is 1. The summed E-state index contributed by atoms with van der Waals surface area (Å²) in [4.78, 5) is 24.8. The average Bonchev–Trinajstić information content (AvgIpc) is 2.85. The van der Waals surface area contributed by atoms with Crippen LogP contribution in [0.2, 0.25) is 0 Å². The fourth-order valence-electron chi connectivity index (χ4n) is 2.05. The number of hydrogen-bond acceptors (Lipinski definition) is 3. The Hall–Kier alpha value is -1.36. The van der Waals surface area contributed by atoms with Gasteiger partial charge in [0, 0.05) is 11.9 Å². The van der Waals surface area contributed by atoms with Crippen molar-refractivity contribution >= 4 is 23.2 Å². The van der Waals surface area contributed by atoms with Crippen LogP contribution >= 0.6 is 11.3 Å². The molecular formula is C11H13NO3S. The van der Waals surface area contributed by atoms with Gasteiger partial charge in [0.25, 0.3) is 5.91 Å². The molecule has 86 valence electrons. The minimum atomic E-state index is -1.04. The van der Waals surface area contributed by atoms with E-state index in [4.69, 9.17) is 0 Å². The zero-order chi connectivity index (χ0) is 11.8. The lowest BCUT2D eigenvalue weighted by Gasteiger charge is -2.30. The van der Waals surface area contributed by atoms with Gasteiger partial charge in [0.15, 0.2) is 0 Å². The molecule has 1 amide bonds. The fraction of sp³-hybridized carbons (Fsp3) is 0.455. The van der Waals surface area contributed by atoms with Crippen molar-refractivity contribution in [1.29, 1.82) is 0 Å². The lowest BCUT2D eigenvalue weighted by atomic mass is 9.99. The molecule has 0 bridgehead atoms. The SMILES string of the molecule is CC1(C(=O)O)CCCN1C(=O)c1ccsc1. The van der Waals surface area contributed by atoms with E-state index in [0.717, 1.165) is 6.42 Å². The van der Waals surface area contributed by atoms with Crippen molar-refractivity contribution in [2.75, 3.05) is 6.54 Å². The zero-order valence-electron chi connectivity index (χ0n) is 8.97. The van der Waals surface area contributed by atoms with Crippen molar-refractivity contribution in [3.8, 4) is 0 Å². The minimum Gasteiger partial charge on any atom is -0.480 e. The first-order valence-corrected chi connectivity index (χ1v) is 6.07. The molecule has 0 saturated carbocycles. The third-order valence-electron chi connectivity index (χ3n) is 3.12. The summed E-state index contributed by atoms with van der Waals surface area (Å²) >= 11 is 1.44. The highest BCUT2D eigenvalue weighted by Gasteiger charge is 2.46. The van der Waals surface area contributed by atoms with E-state index >= 15 is 0 Å². The van der Waals surface area contributed by atoms with Crippen molar-refractivity contribution in [2.24, 2.45) is 0 Å². The predicted molar refractivity (Wildman–Crippen MR) is 60.6 cm³/mol. The topological polar surface area (TPSA) is 57.6 Å². The number of likely N-dealkylation sites (tertiary alicyclic amines) is 1. The molecule has 2 heterocycles. The van der Waals surface area contributed by atoms with Gasteiger partial charge >= 0.3 is 5.97 Å². The third-order valence-corrected chi connectivity index (χ3v) is 3.80. The lowest BCUT2D eigenvalue weighted by molar-refractivity contribution is -0.147. The average molecular weight is 239 g/mol. The Labute approximate surface area is 97.5 Å². The highest BCUT2D eigenvalue weighted by Crippen LogP contribution is 2.31. The summed E-state index contributed by atoms with van der Waals surface area (Å²) in [6.45, 7) is 2.14. The van der Waals surface area contributed by atoms with Gasteiger partial charge < -0.3 is 10.0 Å². The van der Waals surface area contributed by atoms with Crippen LogP contribution in [0.5, 0.6) is 0 Å². The quantitative estimate of drug-likeness (QED) is 0.856. The standard InChI is InChI=1S/C11H13NO3S/c1-11(10(14)15)4-2-5-12(11)9(13)8-3-6-16-7-8/h3,6-7H,2,4-5H2,1H3,(H,14,15). The van der Waals surface area contributed by atoms with Crippen LogP contribution in [0, 0.1) is 0 Å². The molecule has 1 unspecified atom stereocenters. The van der Waals surface area contributed by atoms with Crippen LogP contribution in [0.3, 0.4) is 0 Å². The molecule has 1 saturated heterocycles. The van der Waals surface area contributed by atoms with E-state index in [1.54, 1.807) is 18.4 Å². The summed E-state index contributed by atoms with van der Waals surface area (Å²) in [5.74, 6) is -1.10. The van der Waals surface area contributed by atoms with E-state index < -0.39 is 11.5 Å². The molecule has 0 radical (unpaired) electrons. The number of carboxylic acids is 1. The Morgan fingerprint density at radius 1 is 1.56 bits per heavy atom. The second-order valence-corrected chi connectivity index (χ2v) is 4.93. The van der Waals surface area contributed by atoms with Crippen molar-refractivity contribution in [3.05, 3.63) is 22.4 Å². The number of rotatable bonds is 2. The van der Waals surface area contributed by atoms with Crippen LogP contribution in [-0.4, -0.2) is 34.0 Å². The van der Waals surface area contributed by atoms with E-state index in [2.05, 4.69) is 0 Å². The maximum Gasteiger partial charge on any atom is 0.329 e. The van der Waals surface area contributed by atoms with Gasteiger partial charge in [-0.05, 0) is 31.2 Å². The second kappa shape index (κ2) is 3.90. The van der Waals surface area contributed by atoms with E-state index in [1.807, 2.05) is 5.38 Å². The summed E-state index contributed by atoms with van der Waals surface area (Å²) < 4.78 is 0. The molecule has 1 aliphatic heterocycles. The molecule has 1 aromatic rings. The molecule has 1 N–H and O–H groups in total. The first kappa shape index (κ1) is 11.1. The Morgan fingerprint density at radius 2 is 2.31 bits per heavy atom. The summed E-state index contributed by atoms with van der Waals surface area (Å²) in [5.41, 5.74) is -0.460. The van der Waals surface area contributed by atoms with Gasteiger partial charge in [-0.3, -0.25) is 4.79 Å². The Kier molecular flexibility index (Phi) is 2.71. The first-order chi connectivity index (χ1) is 7.55. The molecule has 1 atom stereocenters. The normalized spacial score (nSPS) is 24.7. The number of carbonyl (C=O) groups is 2. The fourth-order valence-corrected chi connectivity index (χ4v) is 2.68. The molecular weight excluding hydrogens is 226 g/mol. The van der Waals surface area contributed by atoms with Gasteiger partial charge in [0.2, 0.25) is 0 Å². The van der Waals surface area contributed by atoms with Crippen molar-refractivity contribution in [3.63, 3.8) is 0 Å². The third kappa shape index (κ3) is 1.61. The van der Waals surface area contributed by atoms with Gasteiger partial charge in [0.05, 0.1) is 5.56 Å². The maximum atomic E-state index is 12.1. The van der Waals surface area contributed by atoms with Crippen LogP contribution in [0.25, 0.3) is 0 Å². The van der Waals surface area contributed by atoms with Crippen molar-refractivity contribution in [2.45, 2.75) is 25.3 Å². The number of aliphatic carboxylic acids is 1. The molecule has 4 nitrogen and oxygen atoms in total. The molecule has 16 heavy (non-hydrogen) atoms. The molecule has 1 aromatic heterocycles. The largest absolute Gasteiger partial charge is 0.480 e. The molecule has 1 fully saturated rings. The maximum absolute atomic E-state index is 12.1. The molecule has 0 aliphatic carbocycles. The monoisotopic (exact) mass is 239 g/mol. The number of thiophene rings is 1. The molecule has 2 rings (SSSR count). The Bertz CT molecular complexity index is 415. The van der Waals surface area contributed by atoms with E-state index in [9.17, 15) is 14.7 Å². The number of hydrogen-bond donors (Lipinski definition) is 1. The van der Waals surface area contributed by atoms with Crippen LogP contribution in [0.15, 0.2) is 16.8 Å². The molecule has 1 aliphatic rings. The second-order valence-electron chi connectivity index (χ2n) is 4.15. The molecule has 0 spiro atoms. The number of carbonyl (C=O) groups excluding carboxylic acids is 1. The van der Waals surface area contributed by atoms with Gasteiger partial charge in [-0.2, -0.15) is 11.3 Å². The van der Waals surface area contributed by atoms with Crippen LogP contribution in [0.1, 0.15) is 30.1 Å². The highest BCUT2D eigenvalue weighted by molar-refractivity contribution is 7.08. The van der Waals surface area contributed by atoms with Gasteiger partial charge in [-0.15, -0.1) is 0 Å². The molecule has 0 aromatic carbocycles.